The van der Waals surface area contributed by atoms with Crippen LogP contribution in [0.5, 0.6) is 5.75 Å². The maximum atomic E-state index is 11.5. The highest BCUT2D eigenvalue weighted by atomic mass is 35.5. The third-order valence-electron chi connectivity index (χ3n) is 2.40. The number of hydrogen-bond donors (Lipinski definition) is 1. The molecule has 0 radical (unpaired) electrons. The Morgan fingerprint density at radius 1 is 1.24 bits per heavy atom. The first-order valence-electron chi connectivity index (χ1n) is 5.98. The van der Waals surface area contributed by atoms with E-state index in [1.807, 2.05) is 0 Å². The molecule has 2 rings (SSSR count). The Morgan fingerprint density at radius 3 is 2.67 bits per heavy atom. The molecule has 0 spiro atoms. The van der Waals surface area contributed by atoms with Gasteiger partial charge in [0.15, 0.2) is 12.4 Å². The number of rotatable bonds is 5. The van der Waals surface area contributed by atoms with Crippen molar-refractivity contribution in [2.75, 3.05) is 6.61 Å². The number of amidine groups is 1. The maximum Gasteiger partial charge on any atom is 0.372 e. The summed E-state index contributed by atoms with van der Waals surface area (Å²) in [7, 11) is 0. The average molecular weight is 306 g/mol. The molecule has 7 heteroatoms. The molecule has 108 valence electrons. The van der Waals surface area contributed by atoms with Crippen LogP contribution in [0.2, 0.25) is 5.02 Å². The SMILES string of the molecule is N/C(=N/OC(=O)COc1ccccc1Cl)c1ccncc1. The molecule has 0 aliphatic heterocycles. The minimum absolute atomic E-state index is 0.0727. The molecule has 1 aromatic carbocycles. The standard InChI is InChI=1S/C14H12ClN3O3/c15-11-3-1-2-4-12(11)20-9-13(19)21-18-14(16)10-5-7-17-8-6-10/h1-8H,9H2,(H2,16,18). The van der Waals surface area contributed by atoms with Crippen molar-refractivity contribution in [1.29, 1.82) is 0 Å². The van der Waals surface area contributed by atoms with Crippen LogP contribution in [-0.2, 0) is 9.63 Å². The summed E-state index contributed by atoms with van der Waals surface area (Å²) in [4.78, 5) is 20.0. The molecule has 2 N–H and O–H groups in total. The number of nitrogens with zero attached hydrogens (tertiary/aromatic N) is 2. The van der Waals surface area contributed by atoms with Crippen molar-refractivity contribution in [3.63, 3.8) is 0 Å². The molecule has 0 fully saturated rings. The van der Waals surface area contributed by atoms with Crippen LogP contribution in [0, 0.1) is 0 Å². The lowest BCUT2D eigenvalue weighted by molar-refractivity contribution is -0.146. The Kier molecular flexibility index (Phi) is 5.11. The van der Waals surface area contributed by atoms with Gasteiger partial charge in [-0.05, 0) is 24.3 Å². The minimum Gasteiger partial charge on any atom is -0.480 e. The van der Waals surface area contributed by atoms with Crippen LogP contribution in [0.15, 0.2) is 53.9 Å². The van der Waals surface area contributed by atoms with Gasteiger partial charge in [0, 0.05) is 18.0 Å². The van der Waals surface area contributed by atoms with Crippen LogP contribution in [0.1, 0.15) is 5.56 Å². The molecule has 21 heavy (non-hydrogen) atoms. The molecule has 2 aromatic rings. The minimum atomic E-state index is -0.688. The first-order valence-corrected chi connectivity index (χ1v) is 6.35. The van der Waals surface area contributed by atoms with E-state index < -0.39 is 5.97 Å². The normalized spacial score (nSPS) is 11.0. The third kappa shape index (κ3) is 4.47. The highest BCUT2D eigenvalue weighted by molar-refractivity contribution is 6.32. The van der Waals surface area contributed by atoms with Gasteiger partial charge < -0.3 is 15.3 Å². The van der Waals surface area contributed by atoms with Gasteiger partial charge >= 0.3 is 5.97 Å². The van der Waals surface area contributed by atoms with Crippen LogP contribution >= 0.6 is 11.6 Å². The van der Waals surface area contributed by atoms with Crippen LogP contribution in [-0.4, -0.2) is 23.4 Å². The Labute approximate surface area is 126 Å². The Hall–Kier alpha value is -2.60. The summed E-state index contributed by atoms with van der Waals surface area (Å²) in [5.74, 6) is -0.224. The van der Waals surface area contributed by atoms with E-state index in [1.54, 1.807) is 48.8 Å². The van der Waals surface area contributed by atoms with Crippen LogP contribution in [0.3, 0.4) is 0 Å². The van der Waals surface area contributed by atoms with Crippen molar-refractivity contribution in [2.24, 2.45) is 10.9 Å². The van der Waals surface area contributed by atoms with E-state index in [-0.39, 0.29) is 12.4 Å². The first-order chi connectivity index (χ1) is 10.2. The van der Waals surface area contributed by atoms with Gasteiger partial charge in [0.05, 0.1) is 5.02 Å². The van der Waals surface area contributed by atoms with E-state index in [0.717, 1.165) is 0 Å². The summed E-state index contributed by atoms with van der Waals surface area (Å²) in [5, 5.41) is 3.94. The second-order valence-corrected chi connectivity index (χ2v) is 4.30. The monoisotopic (exact) mass is 305 g/mol. The number of oxime groups is 1. The molecule has 0 amide bonds. The van der Waals surface area contributed by atoms with Gasteiger partial charge in [-0.3, -0.25) is 4.98 Å². The molecule has 0 bridgehead atoms. The van der Waals surface area contributed by atoms with Gasteiger partial charge in [0.1, 0.15) is 5.75 Å². The van der Waals surface area contributed by atoms with Crippen molar-refractivity contribution >= 4 is 23.4 Å². The average Bonchev–Trinajstić information content (AvgIpc) is 2.52. The smallest absolute Gasteiger partial charge is 0.372 e. The highest BCUT2D eigenvalue weighted by Gasteiger charge is 2.07. The zero-order valence-corrected chi connectivity index (χ0v) is 11.7. The molecule has 6 nitrogen and oxygen atoms in total. The van der Waals surface area contributed by atoms with Crippen molar-refractivity contribution in [2.45, 2.75) is 0 Å². The van der Waals surface area contributed by atoms with Crippen molar-refractivity contribution in [3.05, 3.63) is 59.4 Å². The van der Waals surface area contributed by atoms with Gasteiger partial charge in [-0.2, -0.15) is 0 Å². The van der Waals surface area contributed by atoms with E-state index in [9.17, 15) is 4.79 Å². The fraction of sp³-hybridized carbons (Fsp3) is 0.0714. The predicted octanol–water partition coefficient (Wildman–Crippen LogP) is 1.98. The van der Waals surface area contributed by atoms with E-state index in [4.69, 9.17) is 22.1 Å². The second kappa shape index (κ2) is 7.25. The summed E-state index contributed by atoms with van der Waals surface area (Å²) >= 11 is 5.88. The van der Waals surface area contributed by atoms with Gasteiger partial charge in [0.2, 0.25) is 0 Å². The first kappa shape index (κ1) is 14.8. The summed E-state index contributed by atoms with van der Waals surface area (Å²) in [6.07, 6.45) is 3.11. The predicted molar refractivity (Wildman–Crippen MR) is 78.0 cm³/mol. The lowest BCUT2D eigenvalue weighted by atomic mass is 10.2. The van der Waals surface area contributed by atoms with Gasteiger partial charge in [-0.25, -0.2) is 4.79 Å². The summed E-state index contributed by atoms with van der Waals surface area (Å²) < 4.78 is 5.21. The number of hydrogen-bond acceptors (Lipinski definition) is 5. The molecule has 0 saturated heterocycles. The summed E-state index contributed by atoms with van der Waals surface area (Å²) in [6.45, 7) is -0.323. The zero-order chi connectivity index (χ0) is 15.1. The number of halogens is 1. The molecular formula is C14H12ClN3O3. The van der Waals surface area contributed by atoms with E-state index in [2.05, 4.69) is 15.0 Å². The Morgan fingerprint density at radius 2 is 1.95 bits per heavy atom. The number of ether oxygens (including phenoxy) is 1. The van der Waals surface area contributed by atoms with E-state index in [0.29, 0.717) is 16.3 Å². The van der Waals surface area contributed by atoms with Crippen LogP contribution < -0.4 is 10.5 Å². The van der Waals surface area contributed by atoms with Crippen molar-refractivity contribution in [3.8, 4) is 5.75 Å². The molecule has 1 heterocycles. The maximum absolute atomic E-state index is 11.5. The number of benzene rings is 1. The number of para-hydroxylation sites is 1. The van der Waals surface area contributed by atoms with Gasteiger partial charge in [0.25, 0.3) is 0 Å². The number of nitrogens with two attached hydrogens (primary N) is 1. The van der Waals surface area contributed by atoms with Gasteiger partial charge in [-0.15, -0.1) is 0 Å². The number of aromatic nitrogens is 1. The quantitative estimate of drug-likeness (QED) is 0.395. The van der Waals surface area contributed by atoms with Gasteiger partial charge in [-0.1, -0.05) is 28.9 Å². The van der Waals surface area contributed by atoms with Crippen molar-refractivity contribution < 1.29 is 14.4 Å². The molecule has 0 aliphatic rings. The molecule has 0 aliphatic carbocycles. The molecule has 0 unspecified atom stereocenters. The lowest BCUT2D eigenvalue weighted by Crippen LogP contribution is -2.18. The van der Waals surface area contributed by atoms with E-state index in [1.165, 1.54) is 0 Å². The molecule has 1 aromatic heterocycles. The highest BCUT2D eigenvalue weighted by Crippen LogP contribution is 2.22. The lowest BCUT2D eigenvalue weighted by Gasteiger charge is -2.05. The number of carbonyl (C=O) groups is 1. The molecular weight excluding hydrogens is 294 g/mol. The molecule has 0 saturated carbocycles. The summed E-state index contributed by atoms with van der Waals surface area (Å²) in [6, 6.07) is 10.1. The van der Waals surface area contributed by atoms with Crippen molar-refractivity contribution in [1.82, 2.24) is 4.98 Å². The fourth-order valence-electron chi connectivity index (χ4n) is 1.40. The topological polar surface area (TPSA) is 86.8 Å². The Bertz CT molecular complexity index is 647. The van der Waals surface area contributed by atoms with E-state index >= 15 is 0 Å². The second-order valence-electron chi connectivity index (χ2n) is 3.89. The molecule has 0 atom stereocenters. The third-order valence-corrected chi connectivity index (χ3v) is 2.72. The van der Waals surface area contributed by atoms with Crippen LogP contribution in [0.25, 0.3) is 0 Å². The fourth-order valence-corrected chi connectivity index (χ4v) is 1.59. The Balaban J connectivity index is 1.87. The number of pyridine rings is 1. The van der Waals surface area contributed by atoms with Crippen LogP contribution in [0.4, 0.5) is 0 Å². The summed E-state index contributed by atoms with van der Waals surface area (Å²) in [5.41, 5.74) is 6.26. The zero-order valence-electron chi connectivity index (χ0n) is 10.9. The largest absolute Gasteiger partial charge is 0.480 e. The number of carbonyl (C=O) groups excluding carboxylic acids is 1.